The van der Waals surface area contributed by atoms with Gasteiger partial charge in [0.1, 0.15) is 0 Å². The van der Waals surface area contributed by atoms with Gasteiger partial charge < -0.3 is 14.2 Å². The monoisotopic (exact) mass is 353 g/mol. The van der Waals surface area contributed by atoms with Crippen molar-refractivity contribution in [1.29, 1.82) is 0 Å². The highest BCUT2D eigenvalue weighted by molar-refractivity contribution is 8.04. The van der Waals surface area contributed by atoms with Gasteiger partial charge in [-0.25, -0.2) is 9.78 Å². The number of carbonyl (C=O) groups excluding carboxylic acids is 2. The molecule has 1 aromatic heterocycles. The standard InChI is InChI=1S/C15H19N3O3S2/c1-21-14(20)9-13-18(12(19)10-23-13)6-2-8-22-15-16-5-7-17(15)11-3-4-11/h5,7,9,11H,2-4,6,8,10H2,1H3/b13-9+. The molecular formula is C15H19N3O3S2. The van der Waals surface area contributed by atoms with Crippen LogP contribution in [0.5, 0.6) is 0 Å². The van der Waals surface area contributed by atoms with Crippen molar-refractivity contribution < 1.29 is 14.3 Å². The molecule has 0 aromatic carbocycles. The first-order chi connectivity index (χ1) is 11.2. The minimum Gasteiger partial charge on any atom is -0.466 e. The summed E-state index contributed by atoms with van der Waals surface area (Å²) in [6.07, 6.45) is 8.61. The number of amides is 1. The fraction of sp³-hybridized carbons (Fsp3) is 0.533. The quantitative estimate of drug-likeness (QED) is 0.324. The normalized spacial score (nSPS) is 19.6. The molecule has 3 rings (SSSR count). The lowest BCUT2D eigenvalue weighted by atomic mass is 10.4. The van der Waals surface area contributed by atoms with Crippen LogP contribution in [0.15, 0.2) is 28.7 Å². The summed E-state index contributed by atoms with van der Waals surface area (Å²) in [6, 6.07) is 0.631. The molecule has 0 spiro atoms. The molecule has 1 saturated carbocycles. The Morgan fingerprint density at radius 2 is 2.39 bits per heavy atom. The van der Waals surface area contributed by atoms with Crippen LogP contribution in [0, 0.1) is 0 Å². The smallest absolute Gasteiger partial charge is 0.333 e. The van der Waals surface area contributed by atoms with Crippen LogP contribution in [0.25, 0.3) is 0 Å². The van der Waals surface area contributed by atoms with E-state index in [1.165, 1.54) is 37.8 Å². The topological polar surface area (TPSA) is 64.4 Å². The maximum atomic E-state index is 11.9. The number of ether oxygens (including phenoxy) is 1. The maximum Gasteiger partial charge on any atom is 0.333 e. The highest BCUT2D eigenvalue weighted by atomic mass is 32.2. The van der Waals surface area contributed by atoms with Gasteiger partial charge in [-0.15, -0.1) is 0 Å². The lowest BCUT2D eigenvalue weighted by molar-refractivity contribution is -0.134. The number of imidazole rings is 1. The maximum absolute atomic E-state index is 11.9. The number of thioether (sulfide) groups is 2. The molecule has 6 nitrogen and oxygen atoms in total. The minimum absolute atomic E-state index is 0.0506. The average molecular weight is 353 g/mol. The zero-order valence-electron chi connectivity index (χ0n) is 12.9. The largest absolute Gasteiger partial charge is 0.466 e. The second-order valence-electron chi connectivity index (χ2n) is 5.39. The molecule has 0 radical (unpaired) electrons. The third-order valence-electron chi connectivity index (χ3n) is 3.68. The van der Waals surface area contributed by atoms with Crippen LogP contribution in [0.1, 0.15) is 25.3 Å². The molecule has 0 unspecified atom stereocenters. The van der Waals surface area contributed by atoms with E-state index < -0.39 is 5.97 Å². The van der Waals surface area contributed by atoms with Crippen molar-refractivity contribution >= 4 is 35.4 Å². The summed E-state index contributed by atoms with van der Waals surface area (Å²) in [5.41, 5.74) is 0. The Morgan fingerprint density at radius 3 is 3.13 bits per heavy atom. The first-order valence-corrected chi connectivity index (χ1v) is 9.54. The van der Waals surface area contributed by atoms with Gasteiger partial charge in [0.2, 0.25) is 5.91 Å². The Bertz CT molecular complexity index is 625. The molecule has 23 heavy (non-hydrogen) atoms. The van der Waals surface area contributed by atoms with E-state index in [0.717, 1.165) is 17.3 Å². The van der Waals surface area contributed by atoms with Crippen molar-refractivity contribution in [3.8, 4) is 0 Å². The Hall–Kier alpha value is -1.41. The summed E-state index contributed by atoms with van der Waals surface area (Å²) in [5.74, 6) is 0.911. The van der Waals surface area contributed by atoms with Gasteiger partial charge in [-0.3, -0.25) is 4.79 Å². The predicted octanol–water partition coefficient (Wildman–Crippen LogP) is 2.29. The minimum atomic E-state index is -0.423. The van der Waals surface area contributed by atoms with E-state index in [9.17, 15) is 9.59 Å². The third kappa shape index (κ3) is 4.11. The second kappa shape index (κ2) is 7.44. The van der Waals surface area contributed by atoms with E-state index in [-0.39, 0.29) is 5.91 Å². The Balaban J connectivity index is 1.49. The molecule has 124 valence electrons. The van der Waals surface area contributed by atoms with Crippen molar-refractivity contribution in [2.24, 2.45) is 0 Å². The molecule has 8 heteroatoms. The first kappa shape index (κ1) is 16.4. The highest BCUT2D eigenvalue weighted by Gasteiger charge is 2.27. The fourth-order valence-electron chi connectivity index (χ4n) is 2.36. The number of carbonyl (C=O) groups is 2. The molecular weight excluding hydrogens is 334 g/mol. The summed E-state index contributed by atoms with van der Waals surface area (Å²) in [6.45, 7) is 0.617. The molecule has 1 aliphatic carbocycles. The van der Waals surface area contributed by atoms with Gasteiger partial charge >= 0.3 is 5.97 Å². The molecule has 2 aliphatic rings. The zero-order valence-corrected chi connectivity index (χ0v) is 14.6. The van der Waals surface area contributed by atoms with E-state index in [1.54, 1.807) is 16.7 Å². The summed E-state index contributed by atoms with van der Waals surface area (Å²) >= 11 is 3.11. The molecule has 1 aromatic rings. The van der Waals surface area contributed by atoms with Crippen molar-refractivity contribution in [2.45, 2.75) is 30.5 Å². The molecule has 2 fully saturated rings. The number of nitrogens with zero attached hydrogens (tertiary/aromatic N) is 3. The predicted molar refractivity (Wildman–Crippen MR) is 90.1 cm³/mol. The van der Waals surface area contributed by atoms with Gasteiger partial charge in [-0.1, -0.05) is 23.5 Å². The van der Waals surface area contributed by atoms with Gasteiger partial charge in [-0.05, 0) is 19.3 Å². The van der Waals surface area contributed by atoms with Crippen molar-refractivity contribution in [3.63, 3.8) is 0 Å². The number of rotatable bonds is 7. The summed E-state index contributed by atoms with van der Waals surface area (Å²) in [4.78, 5) is 29.3. The Morgan fingerprint density at radius 1 is 1.57 bits per heavy atom. The van der Waals surface area contributed by atoms with Crippen LogP contribution >= 0.6 is 23.5 Å². The first-order valence-electron chi connectivity index (χ1n) is 7.57. The van der Waals surface area contributed by atoms with E-state index in [4.69, 9.17) is 0 Å². The Kier molecular flexibility index (Phi) is 5.32. The zero-order chi connectivity index (χ0) is 16.2. The lowest BCUT2D eigenvalue weighted by Crippen LogP contribution is -2.26. The van der Waals surface area contributed by atoms with Crippen molar-refractivity contribution in [3.05, 3.63) is 23.5 Å². The van der Waals surface area contributed by atoms with Gasteiger partial charge in [-0.2, -0.15) is 0 Å². The van der Waals surface area contributed by atoms with E-state index in [2.05, 4.69) is 14.3 Å². The number of methoxy groups -OCH3 is 1. The van der Waals surface area contributed by atoms with Crippen molar-refractivity contribution in [1.82, 2.24) is 14.5 Å². The summed E-state index contributed by atoms with van der Waals surface area (Å²) < 4.78 is 6.87. The molecule has 1 aliphatic heterocycles. The van der Waals surface area contributed by atoms with Crippen LogP contribution in [0.3, 0.4) is 0 Å². The van der Waals surface area contributed by atoms with Crippen LogP contribution in [-0.2, 0) is 14.3 Å². The van der Waals surface area contributed by atoms with Gasteiger partial charge in [0.15, 0.2) is 5.16 Å². The Labute approximate surface area is 143 Å². The van der Waals surface area contributed by atoms with Gasteiger partial charge in [0, 0.05) is 30.7 Å². The van der Waals surface area contributed by atoms with E-state index in [0.29, 0.717) is 23.4 Å². The van der Waals surface area contributed by atoms with E-state index >= 15 is 0 Å². The number of hydrogen-bond donors (Lipinski definition) is 0. The second-order valence-corrected chi connectivity index (χ2v) is 7.45. The fourth-order valence-corrected chi connectivity index (χ4v) is 4.26. The number of esters is 1. The molecule has 2 heterocycles. The van der Waals surface area contributed by atoms with Crippen molar-refractivity contribution in [2.75, 3.05) is 25.2 Å². The molecule has 0 atom stereocenters. The summed E-state index contributed by atoms with van der Waals surface area (Å²) in [7, 11) is 1.34. The average Bonchev–Trinajstić information content (AvgIpc) is 3.20. The lowest BCUT2D eigenvalue weighted by Gasteiger charge is -2.16. The van der Waals surface area contributed by atoms with Gasteiger partial charge in [0.05, 0.1) is 24.0 Å². The SMILES string of the molecule is COC(=O)/C=C1/SCC(=O)N1CCCSc1nccn1C1CC1. The molecule has 0 N–H and O–H groups in total. The highest BCUT2D eigenvalue weighted by Crippen LogP contribution is 2.37. The number of hydrogen-bond acceptors (Lipinski definition) is 6. The van der Waals surface area contributed by atoms with Gasteiger partial charge in [0.25, 0.3) is 0 Å². The van der Waals surface area contributed by atoms with E-state index in [1.807, 2.05) is 12.4 Å². The third-order valence-corrected chi connectivity index (χ3v) is 5.78. The van der Waals surface area contributed by atoms with Crippen LogP contribution < -0.4 is 0 Å². The number of aromatic nitrogens is 2. The summed E-state index contributed by atoms with van der Waals surface area (Å²) in [5, 5.41) is 1.74. The van der Waals surface area contributed by atoms with Crippen LogP contribution in [-0.4, -0.2) is 51.5 Å². The molecule has 1 saturated heterocycles. The van der Waals surface area contributed by atoms with Crippen LogP contribution in [0.4, 0.5) is 0 Å². The molecule has 1 amide bonds. The van der Waals surface area contributed by atoms with Crippen LogP contribution in [0.2, 0.25) is 0 Å². The molecule has 0 bridgehead atoms.